The summed E-state index contributed by atoms with van der Waals surface area (Å²) in [5.41, 5.74) is 0.997. The average Bonchev–Trinajstić information content (AvgIpc) is 3.06. The number of carbonyl (C=O) groups is 1. The van der Waals surface area contributed by atoms with Gasteiger partial charge in [-0.05, 0) is 30.7 Å². The first kappa shape index (κ1) is 14.4. The quantitative estimate of drug-likeness (QED) is 0.916. The summed E-state index contributed by atoms with van der Waals surface area (Å²) >= 11 is 0. The number of rotatable bonds is 5. The van der Waals surface area contributed by atoms with E-state index in [9.17, 15) is 4.79 Å². The third-order valence-electron chi connectivity index (χ3n) is 3.57. The van der Waals surface area contributed by atoms with Gasteiger partial charge < -0.3 is 14.8 Å². The Hall–Kier alpha value is -2.50. The second kappa shape index (κ2) is 6.51. The fraction of sp³-hybridized carbons (Fsp3) is 0.375. The van der Waals surface area contributed by atoms with Crippen LogP contribution in [0.5, 0.6) is 11.5 Å². The van der Waals surface area contributed by atoms with Crippen molar-refractivity contribution in [1.29, 1.82) is 0 Å². The van der Waals surface area contributed by atoms with E-state index in [0.717, 1.165) is 17.1 Å². The number of carbonyl (C=O) groups excluding carboxylic acids is 1. The van der Waals surface area contributed by atoms with Crippen LogP contribution in [0.25, 0.3) is 0 Å². The molecule has 1 aliphatic rings. The van der Waals surface area contributed by atoms with E-state index in [2.05, 4.69) is 10.4 Å². The molecular weight excluding hydrogens is 282 g/mol. The molecule has 22 heavy (non-hydrogen) atoms. The molecule has 1 aliphatic heterocycles. The van der Waals surface area contributed by atoms with Crippen molar-refractivity contribution in [2.75, 3.05) is 13.2 Å². The molecule has 0 spiro atoms. The van der Waals surface area contributed by atoms with Gasteiger partial charge in [0.15, 0.2) is 11.5 Å². The Morgan fingerprint density at radius 2 is 2.18 bits per heavy atom. The van der Waals surface area contributed by atoms with Gasteiger partial charge in [0.25, 0.3) is 0 Å². The van der Waals surface area contributed by atoms with Gasteiger partial charge in [-0.25, -0.2) is 0 Å². The van der Waals surface area contributed by atoms with Crippen LogP contribution in [0.4, 0.5) is 0 Å². The third-order valence-corrected chi connectivity index (χ3v) is 3.57. The SMILES string of the molecule is CC(NC(=O)CCn1cccn1)c1ccc2c(c1)OCCO2. The summed E-state index contributed by atoms with van der Waals surface area (Å²) in [7, 11) is 0. The highest BCUT2D eigenvalue weighted by molar-refractivity contribution is 5.76. The van der Waals surface area contributed by atoms with E-state index in [0.29, 0.717) is 26.2 Å². The molecule has 116 valence electrons. The van der Waals surface area contributed by atoms with Gasteiger partial charge in [0, 0.05) is 25.4 Å². The predicted molar refractivity (Wildman–Crippen MR) is 80.8 cm³/mol. The Labute approximate surface area is 129 Å². The molecule has 1 unspecified atom stereocenters. The number of hydrogen-bond donors (Lipinski definition) is 1. The fourth-order valence-electron chi connectivity index (χ4n) is 2.38. The molecule has 0 bridgehead atoms. The lowest BCUT2D eigenvalue weighted by Crippen LogP contribution is -2.27. The number of aryl methyl sites for hydroxylation is 1. The van der Waals surface area contributed by atoms with Crippen LogP contribution in [0.3, 0.4) is 0 Å². The number of ether oxygens (including phenoxy) is 2. The van der Waals surface area contributed by atoms with Gasteiger partial charge in [0.1, 0.15) is 13.2 Å². The summed E-state index contributed by atoms with van der Waals surface area (Å²) in [4.78, 5) is 12.0. The van der Waals surface area contributed by atoms with Crippen LogP contribution in [0.15, 0.2) is 36.7 Å². The Bertz CT molecular complexity index is 640. The van der Waals surface area contributed by atoms with Crippen molar-refractivity contribution in [3.05, 3.63) is 42.2 Å². The minimum atomic E-state index is -0.0825. The van der Waals surface area contributed by atoms with E-state index in [1.54, 1.807) is 10.9 Å². The van der Waals surface area contributed by atoms with E-state index in [1.807, 2.05) is 37.4 Å². The summed E-state index contributed by atoms with van der Waals surface area (Å²) in [5, 5.41) is 7.07. The standard InChI is InChI=1S/C16H19N3O3/c1-12(18-16(20)5-8-19-7-2-6-17-19)13-3-4-14-15(11-13)22-10-9-21-14/h2-4,6-7,11-12H,5,8-10H2,1H3,(H,18,20). The molecule has 3 rings (SSSR count). The number of nitrogens with one attached hydrogen (secondary N) is 1. The van der Waals surface area contributed by atoms with Crippen molar-refractivity contribution in [1.82, 2.24) is 15.1 Å². The monoisotopic (exact) mass is 301 g/mol. The van der Waals surface area contributed by atoms with Crippen LogP contribution in [-0.2, 0) is 11.3 Å². The summed E-state index contributed by atoms with van der Waals surface area (Å²) in [6.07, 6.45) is 3.95. The minimum Gasteiger partial charge on any atom is -0.486 e. The molecule has 6 heteroatoms. The summed E-state index contributed by atoms with van der Waals surface area (Å²) < 4.78 is 12.8. The Morgan fingerprint density at radius 1 is 1.36 bits per heavy atom. The first-order valence-electron chi connectivity index (χ1n) is 7.39. The lowest BCUT2D eigenvalue weighted by molar-refractivity contribution is -0.122. The van der Waals surface area contributed by atoms with E-state index in [1.165, 1.54) is 0 Å². The number of hydrogen-bond acceptors (Lipinski definition) is 4. The maximum Gasteiger partial charge on any atom is 0.222 e. The van der Waals surface area contributed by atoms with Crippen molar-refractivity contribution < 1.29 is 14.3 Å². The molecule has 2 heterocycles. The normalized spacial score (nSPS) is 14.4. The molecule has 0 saturated heterocycles. The van der Waals surface area contributed by atoms with Gasteiger partial charge >= 0.3 is 0 Å². The van der Waals surface area contributed by atoms with Crippen molar-refractivity contribution in [3.8, 4) is 11.5 Å². The molecular formula is C16H19N3O3. The average molecular weight is 301 g/mol. The first-order valence-corrected chi connectivity index (χ1v) is 7.39. The number of amides is 1. The second-order valence-electron chi connectivity index (χ2n) is 5.21. The number of fused-ring (bicyclic) bond motifs is 1. The Morgan fingerprint density at radius 3 is 2.95 bits per heavy atom. The largest absolute Gasteiger partial charge is 0.486 e. The van der Waals surface area contributed by atoms with Crippen LogP contribution in [0.1, 0.15) is 24.9 Å². The zero-order valence-electron chi connectivity index (χ0n) is 12.5. The van der Waals surface area contributed by atoms with Crippen molar-refractivity contribution in [2.24, 2.45) is 0 Å². The lowest BCUT2D eigenvalue weighted by atomic mass is 10.1. The van der Waals surface area contributed by atoms with E-state index < -0.39 is 0 Å². The van der Waals surface area contributed by atoms with Crippen LogP contribution >= 0.6 is 0 Å². The zero-order valence-corrected chi connectivity index (χ0v) is 12.5. The highest BCUT2D eigenvalue weighted by Crippen LogP contribution is 2.32. The smallest absolute Gasteiger partial charge is 0.222 e. The topological polar surface area (TPSA) is 65.4 Å². The molecule has 1 atom stereocenters. The van der Waals surface area contributed by atoms with Gasteiger partial charge in [-0.3, -0.25) is 9.48 Å². The summed E-state index contributed by atoms with van der Waals surface area (Å²) in [6, 6.07) is 7.52. The van der Waals surface area contributed by atoms with E-state index >= 15 is 0 Å². The van der Waals surface area contributed by atoms with Crippen molar-refractivity contribution in [2.45, 2.75) is 25.9 Å². The molecule has 0 saturated carbocycles. The molecule has 0 radical (unpaired) electrons. The number of benzene rings is 1. The molecule has 2 aromatic rings. The maximum atomic E-state index is 12.0. The van der Waals surface area contributed by atoms with Crippen LogP contribution in [0.2, 0.25) is 0 Å². The Kier molecular flexibility index (Phi) is 4.27. The molecule has 1 N–H and O–H groups in total. The van der Waals surface area contributed by atoms with Crippen LogP contribution in [-0.4, -0.2) is 28.9 Å². The van der Waals surface area contributed by atoms with Crippen molar-refractivity contribution >= 4 is 5.91 Å². The van der Waals surface area contributed by atoms with Crippen LogP contribution < -0.4 is 14.8 Å². The second-order valence-corrected chi connectivity index (χ2v) is 5.21. The molecule has 1 aromatic carbocycles. The zero-order chi connectivity index (χ0) is 15.4. The van der Waals surface area contributed by atoms with E-state index in [4.69, 9.17) is 9.47 Å². The van der Waals surface area contributed by atoms with Crippen LogP contribution in [0, 0.1) is 0 Å². The first-order chi connectivity index (χ1) is 10.7. The molecule has 1 amide bonds. The lowest BCUT2D eigenvalue weighted by Gasteiger charge is -2.21. The molecule has 1 aromatic heterocycles. The predicted octanol–water partition coefficient (Wildman–Crippen LogP) is 1.92. The minimum absolute atomic E-state index is 0.00195. The van der Waals surface area contributed by atoms with Gasteiger partial charge in [-0.1, -0.05) is 6.07 Å². The van der Waals surface area contributed by atoms with Gasteiger partial charge in [-0.2, -0.15) is 5.10 Å². The van der Waals surface area contributed by atoms with Gasteiger partial charge in [-0.15, -0.1) is 0 Å². The number of aromatic nitrogens is 2. The third kappa shape index (κ3) is 3.39. The van der Waals surface area contributed by atoms with Gasteiger partial charge in [0.05, 0.1) is 6.04 Å². The summed E-state index contributed by atoms with van der Waals surface area (Å²) in [6.45, 7) is 3.66. The number of nitrogens with zero attached hydrogens (tertiary/aromatic N) is 2. The van der Waals surface area contributed by atoms with Crippen molar-refractivity contribution in [3.63, 3.8) is 0 Å². The highest BCUT2D eigenvalue weighted by Gasteiger charge is 2.15. The molecule has 6 nitrogen and oxygen atoms in total. The Balaban J connectivity index is 1.56. The van der Waals surface area contributed by atoms with Gasteiger partial charge in [0.2, 0.25) is 5.91 Å². The highest BCUT2D eigenvalue weighted by atomic mass is 16.6. The fourth-order valence-corrected chi connectivity index (χ4v) is 2.38. The molecule has 0 fully saturated rings. The summed E-state index contributed by atoms with van der Waals surface area (Å²) in [5.74, 6) is 1.49. The molecule has 0 aliphatic carbocycles. The van der Waals surface area contributed by atoms with E-state index in [-0.39, 0.29) is 11.9 Å². The maximum absolute atomic E-state index is 12.0.